The maximum absolute atomic E-state index is 12.2. The van der Waals surface area contributed by atoms with E-state index in [1.165, 1.54) is 0 Å². The highest BCUT2D eigenvalue weighted by molar-refractivity contribution is 7.88. The lowest BCUT2D eigenvalue weighted by molar-refractivity contribution is 0.101. The lowest BCUT2D eigenvalue weighted by Gasteiger charge is -2.09. The number of carbonyl (C=O) groups excluding carboxylic acids is 1. The minimum atomic E-state index is -1.58. The molecule has 20 heavy (non-hydrogen) atoms. The van der Waals surface area contributed by atoms with Gasteiger partial charge in [0.2, 0.25) is 0 Å². The third-order valence-corrected chi connectivity index (χ3v) is 4.75. The van der Waals surface area contributed by atoms with Gasteiger partial charge in [-0.05, 0) is 36.4 Å². The van der Waals surface area contributed by atoms with Crippen molar-refractivity contribution < 1.29 is 13.7 Å². The Morgan fingerprint density at radius 3 is 2.25 bits per heavy atom. The molecule has 2 atom stereocenters. The molecule has 104 valence electrons. The number of Topliss-reactive ketones (excluding diaryl/α,β-unsaturated/α-hetero) is 1. The molecule has 0 heterocycles. The molecule has 0 aliphatic carbocycles. The number of halogens is 1. The highest BCUT2D eigenvalue weighted by Gasteiger charge is 2.24. The van der Waals surface area contributed by atoms with E-state index in [9.17, 15) is 9.00 Å². The summed E-state index contributed by atoms with van der Waals surface area (Å²) in [6, 6.07) is 15.3. The van der Waals surface area contributed by atoms with Crippen LogP contribution in [0.5, 0.6) is 5.75 Å². The van der Waals surface area contributed by atoms with E-state index in [1.807, 2.05) is 6.07 Å². The van der Waals surface area contributed by atoms with Crippen molar-refractivity contribution in [2.45, 2.75) is 9.60 Å². The Labute approximate surface area is 125 Å². The minimum absolute atomic E-state index is 0.364. The van der Waals surface area contributed by atoms with Crippen LogP contribution < -0.4 is 4.74 Å². The lowest BCUT2D eigenvalue weighted by atomic mass is 10.1. The van der Waals surface area contributed by atoms with E-state index in [1.54, 1.807) is 55.6 Å². The fourth-order valence-corrected chi connectivity index (χ4v) is 3.09. The second-order valence-electron chi connectivity index (χ2n) is 4.02. The Morgan fingerprint density at radius 1 is 1.10 bits per heavy atom. The number of ketones is 1. The Balaban J connectivity index is 2.17. The van der Waals surface area contributed by atoms with Crippen LogP contribution in [-0.2, 0) is 10.8 Å². The molecular formula is C15H13ClO3S. The largest absolute Gasteiger partial charge is 0.497 e. The van der Waals surface area contributed by atoms with Crippen molar-refractivity contribution in [3.8, 4) is 5.75 Å². The van der Waals surface area contributed by atoms with Gasteiger partial charge in [-0.15, -0.1) is 0 Å². The summed E-state index contributed by atoms with van der Waals surface area (Å²) in [6.07, 6.45) is 0. The number of benzene rings is 2. The molecule has 0 amide bonds. The molecule has 0 aliphatic heterocycles. The number of alkyl halides is 1. The van der Waals surface area contributed by atoms with Crippen molar-refractivity contribution in [3.05, 3.63) is 60.2 Å². The third-order valence-electron chi connectivity index (χ3n) is 2.74. The van der Waals surface area contributed by atoms with E-state index in [4.69, 9.17) is 16.3 Å². The summed E-state index contributed by atoms with van der Waals surface area (Å²) in [5.41, 5.74) is 0.412. The average molecular weight is 309 g/mol. The molecule has 5 heteroatoms. The van der Waals surface area contributed by atoms with Crippen molar-refractivity contribution in [1.82, 2.24) is 0 Å². The Hall–Kier alpha value is -1.65. The summed E-state index contributed by atoms with van der Waals surface area (Å²) in [7, 11) is -0.0340. The molecule has 0 N–H and O–H groups in total. The summed E-state index contributed by atoms with van der Waals surface area (Å²) in [6.45, 7) is 0. The van der Waals surface area contributed by atoms with Crippen LogP contribution in [0, 0.1) is 0 Å². The van der Waals surface area contributed by atoms with Crippen molar-refractivity contribution >= 4 is 28.2 Å². The smallest absolute Gasteiger partial charge is 0.193 e. The van der Waals surface area contributed by atoms with Crippen LogP contribution in [0.4, 0.5) is 0 Å². The zero-order valence-corrected chi connectivity index (χ0v) is 12.4. The SMILES string of the molecule is COc1ccc(C(=O)C(Cl)S(=O)c2ccccc2)cc1. The number of ether oxygens (including phenoxy) is 1. The first-order chi connectivity index (χ1) is 9.63. The summed E-state index contributed by atoms with van der Waals surface area (Å²) in [5, 5.41) is 0. The van der Waals surface area contributed by atoms with E-state index in [0.29, 0.717) is 16.2 Å². The molecule has 0 aromatic heterocycles. The first-order valence-electron chi connectivity index (χ1n) is 5.91. The quantitative estimate of drug-likeness (QED) is 0.629. The summed E-state index contributed by atoms with van der Waals surface area (Å²) < 4.78 is 16.1. The van der Waals surface area contributed by atoms with Crippen LogP contribution in [0.25, 0.3) is 0 Å². The van der Waals surface area contributed by atoms with Gasteiger partial charge < -0.3 is 4.74 Å². The fraction of sp³-hybridized carbons (Fsp3) is 0.133. The zero-order chi connectivity index (χ0) is 14.5. The molecule has 0 saturated carbocycles. The van der Waals surface area contributed by atoms with Gasteiger partial charge in [-0.1, -0.05) is 29.8 Å². The second kappa shape index (κ2) is 6.68. The lowest BCUT2D eigenvalue weighted by Crippen LogP contribution is -2.20. The van der Waals surface area contributed by atoms with Crippen LogP contribution in [0.1, 0.15) is 10.4 Å². The first-order valence-corrected chi connectivity index (χ1v) is 7.56. The Kier molecular flexibility index (Phi) is 4.93. The summed E-state index contributed by atoms with van der Waals surface area (Å²) >= 11 is 6.04. The van der Waals surface area contributed by atoms with Crippen molar-refractivity contribution in [3.63, 3.8) is 0 Å². The van der Waals surface area contributed by atoms with Crippen LogP contribution in [0.2, 0.25) is 0 Å². The Morgan fingerprint density at radius 2 is 1.70 bits per heavy atom. The molecule has 0 bridgehead atoms. The maximum Gasteiger partial charge on any atom is 0.193 e. The Bertz CT molecular complexity index is 611. The van der Waals surface area contributed by atoms with Crippen molar-refractivity contribution in [1.29, 1.82) is 0 Å². The molecule has 0 aliphatic rings. The molecular weight excluding hydrogens is 296 g/mol. The second-order valence-corrected chi connectivity index (χ2v) is 6.25. The van der Waals surface area contributed by atoms with Crippen LogP contribution in [-0.4, -0.2) is 21.8 Å². The maximum atomic E-state index is 12.2. The summed E-state index contributed by atoms with van der Waals surface area (Å²) in [5.74, 6) is 0.286. The number of carbonyl (C=O) groups is 1. The number of hydrogen-bond acceptors (Lipinski definition) is 3. The molecule has 0 saturated heterocycles. The van der Waals surface area contributed by atoms with Crippen LogP contribution >= 0.6 is 11.6 Å². The van der Waals surface area contributed by atoms with Crippen molar-refractivity contribution in [2.75, 3.05) is 7.11 Å². The van der Waals surface area contributed by atoms with Crippen molar-refractivity contribution in [2.24, 2.45) is 0 Å². The van der Waals surface area contributed by atoms with E-state index < -0.39 is 15.5 Å². The molecule has 3 nitrogen and oxygen atoms in total. The van der Waals surface area contributed by atoms with Gasteiger partial charge >= 0.3 is 0 Å². The average Bonchev–Trinajstić information content (AvgIpc) is 2.53. The highest BCUT2D eigenvalue weighted by Crippen LogP contribution is 2.20. The van der Waals surface area contributed by atoms with E-state index in [2.05, 4.69) is 0 Å². The van der Waals surface area contributed by atoms with E-state index in [-0.39, 0.29) is 5.78 Å². The predicted molar refractivity (Wildman–Crippen MR) is 79.8 cm³/mol. The molecule has 2 rings (SSSR count). The topological polar surface area (TPSA) is 43.4 Å². The highest BCUT2D eigenvalue weighted by atomic mass is 35.5. The molecule has 2 unspecified atom stereocenters. The van der Waals surface area contributed by atoms with Gasteiger partial charge in [0, 0.05) is 10.5 Å². The van der Waals surface area contributed by atoms with Gasteiger partial charge in [-0.25, -0.2) is 0 Å². The van der Waals surface area contributed by atoms with Crippen LogP contribution in [0.15, 0.2) is 59.5 Å². The van der Waals surface area contributed by atoms with Gasteiger partial charge in [-0.3, -0.25) is 9.00 Å². The van der Waals surface area contributed by atoms with Gasteiger partial charge in [0.15, 0.2) is 10.5 Å². The monoisotopic (exact) mass is 308 g/mol. The van der Waals surface area contributed by atoms with E-state index in [0.717, 1.165) is 0 Å². The molecule has 2 aromatic rings. The normalized spacial score (nSPS) is 13.5. The third kappa shape index (κ3) is 3.26. The number of hydrogen-bond donors (Lipinski definition) is 0. The van der Waals surface area contributed by atoms with Gasteiger partial charge in [-0.2, -0.15) is 0 Å². The molecule has 0 spiro atoms. The molecule has 2 aromatic carbocycles. The molecule has 0 fully saturated rings. The summed E-state index contributed by atoms with van der Waals surface area (Å²) in [4.78, 5) is 12.7. The predicted octanol–water partition coefficient (Wildman–Crippen LogP) is 3.25. The first kappa shape index (κ1) is 14.8. The van der Waals surface area contributed by atoms with Gasteiger partial charge in [0.25, 0.3) is 0 Å². The number of methoxy groups -OCH3 is 1. The van der Waals surface area contributed by atoms with Gasteiger partial charge in [0.05, 0.1) is 17.9 Å². The standard InChI is InChI=1S/C15H13ClO3S/c1-19-12-9-7-11(8-10-12)14(17)15(16)20(18)13-5-3-2-4-6-13/h2-10,15H,1H3. The van der Waals surface area contributed by atoms with Gasteiger partial charge in [0.1, 0.15) is 5.75 Å². The molecule has 0 radical (unpaired) electrons. The van der Waals surface area contributed by atoms with E-state index >= 15 is 0 Å². The zero-order valence-electron chi connectivity index (χ0n) is 10.8. The fourth-order valence-electron chi connectivity index (χ4n) is 1.66. The minimum Gasteiger partial charge on any atom is -0.497 e. The van der Waals surface area contributed by atoms with Crippen LogP contribution in [0.3, 0.4) is 0 Å². The number of rotatable bonds is 5.